The van der Waals surface area contributed by atoms with Crippen molar-refractivity contribution in [3.8, 4) is 0 Å². The lowest BCUT2D eigenvalue weighted by Gasteiger charge is -2.16. The highest BCUT2D eigenvalue weighted by molar-refractivity contribution is 6.34. The van der Waals surface area contributed by atoms with Gasteiger partial charge in [-0.3, -0.25) is 9.78 Å². The Bertz CT molecular complexity index is 638. The fourth-order valence-corrected chi connectivity index (χ4v) is 2.53. The summed E-state index contributed by atoms with van der Waals surface area (Å²) in [7, 11) is 0. The largest absolute Gasteiger partial charge is 0.357 e. The molecule has 2 aromatic rings. The summed E-state index contributed by atoms with van der Waals surface area (Å²) < 4.78 is 0. The van der Waals surface area contributed by atoms with Crippen molar-refractivity contribution in [3.05, 3.63) is 47.4 Å². The molecule has 3 rings (SSSR count). The molecule has 0 spiro atoms. The van der Waals surface area contributed by atoms with Crippen LogP contribution in [0.4, 0.5) is 11.5 Å². The van der Waals surface area contributed by atoms with Crippen LogP contribution >= 0.6 is 11.6 Å². The molecule has 2 aromatic heterocycles. The van der Waals surface area contributed by atoms with Gasteiger partial charge in [0.15, 0.2) is 0 Å². The van der Waals surface area contributed by atoms with Crippen molar-refractivity contribution in [3.63, 3.8) is 0 Å². The van der Waals surface area contributed by atoms with E-state index in [1.54, 1.807) is 18.5 Å². The maximum absolute atomic E-state index is 12.1. The average Bonchev–Trinajstić information content (AvgIpc) is 3.02. The van der Waals surface area contributed by atoms with Crippen molar-refractivity contribution < 1.29 is 4.79 Å². The van der Waals surface area contributed by atoms with Crippen LogP contribution in [0.3, 0.4) is 0 Å². The first-order valence-corrected chi connectivity index (χ1v) is 7.24. The zero-order valence-electron chi connectivity index (χ0n) is 11.4. The first-order valence-electron chi connectivity index (χ1n) is 6.86. The summed E-state index contributed by atoms with van der Waals surface area (Å²) in [6.07, 6.45) is 7.07. The Kier molecular flexibility index (Phi) is 4.01. The number of aromatic nitrogens is 2. The monoisotopic (exact) mass is 302 g/mol. The first kappa shape index (κ1) is 13.8. The van der Waals surface area contributed by atoms with Crippen LogP contribution in [0.5, 0.6) is 0 Å². The molecular formula is C15H15ClN4O. The van der Waals surface area contributed by atoms with Gasteiger partial charge < -0.3 is 10.2 Å². The highest BCUT2D eigenvalue weighted by Crippen LogP contribution is 2.20. The molecule has 0 unspecified atom stereocenters. The molecule has 1 aliphatic rings. The van der Waals surface area contributed by atoms with E-state index in [9.17, 15) is 4.79 Å². The molecule has 6 heteroatoms. The number of pyridine rings is 2. The van der Waals surface area contributed by atoms with E-state index in [0.29, 0.717) is 16.3 Å². The minimum Gasteiger partial charge on any atom is -0.357 e. The van der Waals surface area contributed by atoms with Crippen LogP contribution in [0, 0.1) is 0 Å². The Morgan fingerprint density at radius 3 is 2.67 bits per heavy atom. The molecule has 1 amide bonds. The van der Waals surface area contributed by atoms with Crippen LogP contribution in [0.15, 0.2) is 36.8 Å². The van der Waals surface area contributed by atoms with Gasteiger partial charge in [-0.2, -0.15) is 0 Å². The van der Waals surface area contributed by atoms with Crippen molar-refractivity contribution in [2.45, 2.75) is 12.8 Å². The summed E-state index contributed by atoms with van der Waals surface area (Å²) in [6, 6.07) is 5.36. The normalized spacial score (nSPS) is 14.2. The zero-order chi connectivity index (χ0) is 14.7. The van der Waals surface area contributed by atoms with Gasteiger partial charge in [0.2, 0.25) is 0 Å². The van der Waals surface area contributed by atoms with E-state index in [1.807, 2.05) is 12.1 Å². The second kappa shape index (κ2) is 6.10. The van der Waals surface area contributed by atoms with Crippen LogP contribution in [0.25, 0.3) is 0 Å². The molecule has 0 atom stereocenters. The van der Waals surface area contributed by atoms with Gasteiger partial charge in [-0.25, -0.2) is 4.98 Å². The van der Waals surface area contributed by atoms with Crippen LogP contribution in [0.1, 0.15) is 23.2 Å². The molecule has 0 aromatic carbocycles. The second-order valence-corrected chi connectivity index (χ2v) is 5.32. The summed E-state index contributed by atoms with van der Waals surface area (Å²) in [6.45, 7) is 2.09. The lowest BCUT2D eigenvalue weighted by atomic mass is 10.2. The van der Waals surface area contributed by atoms with E-state index < -0.39 is 0 Å². The third-order valence-corrected chi connectivity index (χ3v) is 3.78. The molecule has 1 N–H and O–H groups in total. The second-order valence-electron chi connectivity index (χ2n) is 4.91. The van der Waals surface area contributed by atoms with Gasteiger partial charge in [0.25, 0.3) is 5.91 Å². The third kappa shape index (κ3) is 3.13. The maximum atomic E-state index is 12.1. The van der Waals surface area contributed by atoms with Gasteiger partial charge in [0.05, 0.1) is 22.5 Å². The molecule has 1 saturated heterocycles. The number of halogens is 1. The van der Waals surface area contributed by atoms with Crippen LogP contribution in [-0.2, 0) is 0 Å². The number of amides is 1. The van der Waals surface area contributed by atoms with Crippen molar-refractivity contribution >= 4 is 29.0 Å². The Hall–Kier alpha value is -2.14. The molecular weight excluding hydrogens is 288 g/mol. The highest BCUT2D eigenvalue weighted by Gasteiger charge is 2.14. The van der Waals surface area contributed by atoms with Crippen LogP contribution in [0.2, 0.25) is 5.02 Å². The number of hydrogen-bond donors (Lipinski definition) is 1. The fourth-order valence-electron chi connectivity index (χ4n) is 2.34. The third-order valence-electron chi connectivity index (χ3n) is 3.45. The molecule has 5 nitrogen and oxygen atoms in total. The Labute approximate surface area is 128 Å². The summed E-state index contributed by atoms with van der Waals surface area (Å²) in [5.41, 5.74) is 0.991. The molecule has 0 aliphatic carbocycles. The number of hydrogen-bond acceptors (Lipinski definition) is 4. The molecule has 0 saturated carbocycles. The number of nitrogens with one attached hydrogen (secondary N) is 1. The Balaban J connectivity index is 1.70. The first-order chi connectivity index (χ1) is 10.2. The molecule has 1 fully saturated rings. The van der Waals surface area contributed by atoms with Gasteiger partial charge >= 0.3 is 0 Å². The van der Waals surface area contributed by atoms with E-state index in [4.69, 9.17) is 11.6 Å². The predicted molar refractivity (Wildman–Crippen MR) is 82.9 cm³/mol. The lowest BCUT2D eigenvalue weighted by molar-refractivity contribution is 0.102. The predicted octanol–water partition coefficient (Wildman–Crippen LogP) is 2.98. The van der Waals surface area contributed by atoms with E-state index in [1.165, 1.54) is 19.0 Å². The molecule has 0 radical (unpaired) electrons. The van der Waals surface area contributed by atoms with Crippen LogP contribution < -0.4 is 10.2 Å². The van der Waals surface area contributed by atoms with E-state index in [0.717, 1.165) is 18.9 Å². The van der Waals surface area contributed by atoms with Crippen molar-refractivity contribution in [1.82, 2.24) is 9.97 Å². The van der Waals surface area contributed by atoms with Gasteiger partial charge in [-0.05, 0) is 31.0 Å². The van der Waals surface area contributed by atoms with E-state index in [2.05, 4.69) is 20.2 Å². The fraction of sp³-hybridized carbons (Fsp3) is 0.267. The number of rotatable bonds is 3. The summed E-state index contributed by atoms with van der Waals surface area (Å²) >= 11 is 5.97. The quantitative estimate of drug-likeness (QED) is 0.947. The molecule has 0 bridgehead atoms. The van der Waals surface area contributed by atoms with E-state index in [-0.39, 0.29) is 5.91 Å². The SMILES string of the molecule is O=C(Nc1ccc(N2CCCC2)nc1)c1cnccc1Cl. The average molecular weight is 303 g/mol. The topological polar surface area (TPSA) is 58.1 Å². The standard InChI is InChI=1S/C15H15ClN4O/c16-13-5-6-17-10-12(13)15(21)19-11-3-4-14(18-9-11)20-7-1-2-8-20/h3-6,9-10H,1-2,7-8H2,(H,19,21). The Morgan fingerprint density at radius 2 is 2.00 bits per heavy atom. The van der Waals surface area contributed by atoms with Gasteiger partial charge in [-0.1, -0.05) is 11.6 Å². The maximum Gasteiger partial charge on any atom is 0.258 e. The molecule has 108 valence electrons. The summed E-state index contributed by atoms with van der Waals surface area (Å²) in [4.78, 5) is 22.6. The van der Waals surface area contributed by atoms with Crippen molar-refractivity contribution in [2.24, 2.45) is 0 Å². The molecule has 21 heavy (non-hydrogen) atoms. The van der Waals surface area contributed by atoms with Gasteiger partial charge in [0.1, 0.15) is 5.82 Å². The minimum atomic E-state index is -0.288. The van der Waals surface area contributed by atoms with Crippen molar-refractivity contribution in [2.75, 3.05) is 23.3 Å². The van der Waals surface area contributed by atoms with Gasteiger partial charge in [-0.15, -0.1) is 0 Å². The van der Waals surface area contributed by atoms with E-state index >= 15 is 0 Å². The highest BCUT2D eigenvalue weighted by atomic mass is 35.5. The number of carbonyl (C=O) groups is 1. The number of nitrogens with zero attached hydrogens (tertiary/aromatic N) is 3. The molecule has 1 aliphatic heterocycles. The lowest BCUT2D eigenvalue weighted by Crippen LogP contribution is -2.19. The molecule has 3 heterocycles. The number of carbonyl (C=O) groups excluding carboxylic acids is 1. The zero-order valence-corrected chi connectivity index (χ0v) is 12.2. The summed E-state index contributed by atoms with van der Waals surface area (Å²) in [5.74, 6) is 0.661. The summed E-state index contributed by atoms with van der Waals surface area (Å²) in [5, 5.41) is 3.15. The van der Waals surface area contributed by atoms with Crippen LogP contribution in [-0.4, -0.2) is 29.0 Å². The minimum absolute atomic E-state index is 0.288. The van der Waals surface area contributed by atoms with Gasteiger partial charge in [0, 0.05) is 25.5 Å². The smallest absolute Gasteiger partial charge is 0.258 e. The Morgan fingerprint density at radius 1 is 1.19 bits per heavy atom. The number of anilines is 2. The van der Waals surface area contributed by atoms with Crippen molar-refractivity contribution in [1.29, 1.82) is 0 Å².